The van der Waals surface area contributed by atoms with Crippen molar-refractivity contribution in [2.45, 2.75) is 65.5 Å². The third kappa shape index (κ3) is 3.74. The fourth-order valence-corrected chi connectivity index (χ4v) is 5.32. The van der Waals surface area contributed by atoms with E-state index in [4.69, 9.17) is 0 Å². The van der Waals surface area contributed by atoms with Crippen LogP contribution in [0.4, 0.5) is 10.2 Å². The Balaban J connectivity index is 1.55. The zero-order valence-electron chi connectivity index (χ0n) is 20.9. The molecule has 1 fully saturated rings. The van der Waals surface area contributed by atoms with E-state index in [1.165, 1.54) is 0 Å². The van der Waals surface area contributed by atoms with Gasteiger partial charge in [0, 0.05) is 42.3 Å². The number of H-pyrrole nitrogens is 1. The van der Waals surface area contributed by atoms with Gasteiger partial charge in [-0.1, -0.05) is 13.8 Å². The van der Waals surface area contributed by atoms with Crippen LogP contribution < -0.4 is 4.90 Å². The SMILES string of the molecule is Cc1cc(-c2[nH]c3cnc(N4CCC(N(C)C(C)C)CC4)c(F)c3c2C(C)C)cn2ncnc12. The minimum Gasteiger partial charge on any atom is -0.354 e. The summed E-state index contributed by atoms with van der Waals surface area (Å²) in [6.45, 7) is 12.3. The number of hydrogen-bond acceptors (Lipinski definition) is 5. The molecule has 34 heavy (non-hydrogen) atoms. The van der Waals surface area contributed by atoms with Crippen LogP contribution in [0, 0.1) is 12.7 Å². The Morgan fingerprint density at radius 2 is 1.88 bits per heavy atom. The van der Waals surface area contributed by atoms with E-state index in [9.17, 15) is 0 Å². The van der Waals surface area contributed by atoms with Gasteiger partial charge in [0.25, 0.3) is 0 Å². The van der Waals surface area contributed by atoms with E-state index in [0.29, 0.717) is 23.3 Å². The normalized spacial score (nSPS) is 15.6. The van der Waals surface area contributed by atoms with Crippen LogP contribution in [0.5, 0.6) is 0 Å². The van der Waals surface area contributed by atoms with Crippen LogP contribution in [-0.2, 0) is 0 Å². The van der Waals surface area contributed by atoms with E-state index < -0.39 is 0 Å². The lowest BCUT2D eigenvalue weighted by atomic mass is 9.96. The van der Waals surface area contributed by atoms with Crippen LogP contribution >= 0.6 is 0 Å². The molecule has 1 saturated heterocycles. The predicted octanol–water partition coefficient (Wildman–Crippen LogP) is 5.15. The number of anilines is 1. The smallest absolute Gasteiger partial charge is 0.175 e. The van der Waals surface area contributed by atoms with Gasteiger partial charge in [-0.05, 0) is 63.8 Å². The first-order valence-electron chi connectivity index (χ1n) is 12.2. The Labute approximate surface area is 200 Å². The number of hydrogen-bond donors (Lipinski definition) is 1. The lowest BCUT2D eigenvalue weighted by Gasteiger charge is -2.39. The number of rotatable bonds is 5. The zero-order chi connectivity index (χ0) is 24.1. The Morgan fingerprint density at radius 1 is 1.15 bits per heavy atom. The molecule has 7 nitrogen and oxygen atoms in total. The van der Waals surface area contributed by atoms with Gasteiger partial charge < -0.3 is 14.8 Å². The summed E-state index contributed by atoms with van der Waals surface area (Å²) in [6.07, 6.45) is 7.32. The van der Waals surface area contributed by atoms with Crippen molar-refractivity contribution >= 4 is 22.4 Å². The van der Waals surface area contributed by atoms with Crippen LogP contribution in [0.3, 0.4) is 0 Å². The van der Waals surface area contributed by atoms with Gasteiger partial charge in [-0.25, -0.2) is 18.9 Å². The Hall–Kier alpha value is -3.00. The Morgan fingerprint density at radius 3 is 2.56 bits per heavy atom. The summed E-state index contributed by atoms with van der Waals surface area (Å²) >= 11 is 0. The van der Waals surface area contributed by atoms with Crippen molar-refractivity contribution in [2.24, 2.45) is 0 Å². The maximum atomic E-state index is 16.1. The van der Waals surface area contributed by atoms with Gasteiger partial charge in [-0.15, -0.1) is 0 Å². The summed E-state index contributed by atoms with van der Waals surface area (Å²) < 4.78 is 17.9. The molecule has 0 aliphatic carbocycles. The quantitative estimate of drug-likeness (QED) is 0.443. The van der Waals surface area contributed by atoms with Gasteiger partial charge in [0.05, 0.1) is 17.4 Å². The molecule has 5 heterocycles. The molecule has 0 spiro atoms. The number of piperidine rings is 1. The van der Waals surface area contributed by atoms with Crippen molar-refractivity contribution in [2.75, 3.05) is 25.0 Å². The fourth-order valence-electron chi connectivity index (χ4n) is 5.32. The first kappa shape index (κ1) is 22.8. The number of aromatic amines is 1. The van der Waals surface area contributed by atoms with Crippen molar-refractivity contribution in [3.05, 3.63) is 41.7 Å². The van der Waals surface area contributed by atoms with Gasteiger partial charge in [0.15, 0.2) is 17.3 Å². The maximum Gasteiger partial charge on any atom is 0.175 e. The van der Waals surface area contributed by atoms with Crippen LogP contribution in [-0.4, -0.2) is 61.7 Å². The minimum absolute atomic E-state index is 0.130. The second kappa shape index (κ2) is 8.65. The molecule has 1 aliphatic heterocycles. The molecule has 0 radical (unpaired) electrons. The molecule has 0 atom stereocenters. The summed E-state index contributed by atoms with van der Waals surface area (Å²) in [5.74, 6) is 0.372. The highest BCUT2D eigenvalue weighted by Gasteiger charge is 2.28. The molecule has 1 N–H and O–H groups in total. The van der Waals surface area contributed by atoms with E-state index in [0.717, 1.165) is 59.5 Å². The molecule has 1 aliphatic rings. The van der Waals surface area contributed by atoms with Gasteiger partial charge in [-0.2, -0.15) is 5.10 Å². The minimum atomic E-state index is -0.224. The molecule has 0 amide bonds. The highest BCUT2D eigenvalue weighted by molar-refractivity contribution is 5.93. The number of fused-ring (bicyclic) bond motifs is 2. The highest BCUT2D eigenvalue weighted by atomic mass is 19.1. The summed E-state index contributed by atoms with van der Waals surface area (Å²) in [7, 11) is 2.19. The number of aryl methyl sites for hydroxylation is 1. The van der Waals surface area contributed by atoms with Gasteiger partial charge in [-0.3, -0.25) is 0 Å². The zero-order valence-corrected chi connectivity index (χ0v) is 20.9. The average Bonchev–Trinajstić information content (AvgIpc) is 3.44. The third-order valence-corrected chi connectivity index (χ3v) is 7.38. The van der Waals surface area contributed by atoms with E-state index >= 15 is 4.39 Å². The number of pyridine rings is 2. The first-order valence-corrected chi connectivity index (χ1v) is 12.2. The summed E-state index contributed by atoms with van der Waals surface area (Å²) in [6, 6.07) is 3.13. The van der Waals surface area contributed by atoms with Crippen molar-refractivity contribution in [1.29, 1.82) is 0 Å². The third-order valence-electron chi connectivity index (χ3n) is 7.38. The summed E-state index contributed by atoms with van der Waals surface area (Å²) in [5, 5.41) is 4.96. The lowest BCUT2D eigenvalue weighted by Crippen LogP contribution is -2.46. The van der Waals surface area contributed by atoms with Crippen molar-refractivity contribution < 1.29 is 4.39 Å². The Bertz CT molecular complexity index is 1330. The fraction of sp³-hybridized carbons (Fsp3) is 0.500. The van der Waals surface area contributed by atoms with Crippen molar-refractivity contribution in [3.8, 4) is 11.3 Å². The summed E-state index contributed by atoms with van der Waals surface area (Å²) in [5.41, 5.74) is 5.44. The molecule has 0 bridgehead atoms. The van der Waals surface area contributed by atoms with E-state index in [-0.39, 0.29) is 11.7 Å². The second-order valence-corrected chi connectivity index (χ2v) is 10.2. The molecular formula is C26H34FN7. The molecule has 8 heteroatoms. The largest absolute Gasteiger partial charge is 0.354 e. The number of aromatic nitrogens is 5. The van der Waals surface area contributed by atoms with Crippen molar-refractivity contribution in [1.82, 2.24) is 29.5 Å². The van der Waals surface area contributed by atoms with Crippen LogP contribution in [0.25, 0.3) is 27.8 Å². The van der Waals surface area contributed by atoms with Gasteiger partial charge in [0.2, 0.25) is 0 Å². The highest BCUT2D eigenvalue weighted by Crippen LogP contribution is 2.39. The molecule has 0 aromatic carbocycles. The Kier molecular flexibility index (Phi) is 5.80. The van der Waals surface area contributed by atoms with Gasteiger partial charge >= 0.3 is 0 Å². The molecule has 0 saturated carbocycles. The lowest BCUT2D eigenvalue weighted by molar-refractivity contribution is 0.168. The number of halogens is 1. The van der Waals surface area contributed by atoms with E-state index in [2.05, 4.69) is 70.7 Å². The second-order valence-electron chi connectivity index (χ2n) is 10.2. The van der Waals surface area contributed by atoms with E-state index in [1.807, 2.05) is 13.1 Å². The number of nitrogens with zero attached hydrogens (tertiary/aromatic N) is 6. The molecular weight excluding hydrogens is 429 g/mol. The monoisotopic (exact) mass is 463 g/mol. The van der Waals surface area contributed by atoms with Crippen molar-refractivity contribution in [3.63, 3.8) is 0 Å². The molecule has 4 aromatic heterocycles. The molecule has 4 aromatic rings. The average molecular weight is 464 g/mol. The molecule has 180 valence electrons. The van der Waals surface area contributed by atoms with Crippen LogP contribution in [0.2, 0.25) is 0 Å². The molecule has 0 unspecified atom stereocenters. The maximum absolute atomic E-state index is 16.1. The topological polar surface area (TPSA) is 65.4 Å². The summed E-state index contributed by atoms with van der Waals surface area (Å²) in [4.78, 5) is 16.9. The van der Waals surface area contributed by atoms with Gasteiger partial charge in [0.1, 0.15) is 6.33 Å². The van der Waals surface area contributed by atoms with Crippen LogP contribution in [0.15, 0.2) is 24.8 Å². The standard InChI is InChI=1S/C26H34FN7/c1-15(2)21-22-20(31-24(21)18-11-17(5)25-29-14-30-34(25)13-18)12-28-26(23(22)27)33-9-7-19(8-10-33)32(6)16(3)4/h11-16,19,31H,7-10H2,1-6H3. The first-order chi connectivity index (χ1) is 16.3. The predicted molar refractivity (Wildman–Crippen MR) is 135 cm³/mol. The van der Waals surface area contributed by atoms with E-state index in [1.54, 1.807) is 17.0 Å². The molecule has 5 rings (SSSR count). The number of nitrogens with one attached hydrogen (secondary N) is 1. The van der Waals surface area contributed by atoms with Crippen LogP contribution in [0.1, 0.15) is 57.6 Å².